The molecule has 0 spiro atoms. The summed E-state index contributed by atoms with van der Waals surface area (Å²) in [6.07, 6.45) is 27.3. The number of unbranched alkanes of at least 4 members (excludes halogenated alkanes) is 14. The third-order valence-corrected chi connectivity index (χ3v) is 9.80. The molecule has 0 fully saturated rings. The zero-order valence-electron chi connectivity index (χ0n) is 34.2. The molecule has 0 aliphatic rings. The van der Waals surface area contributed by atoms with Gasteiger partial charge in [0.1, 0.15) is 12.7 Å². The van der Waals surface area contributed by atoms with E-state index >= 15 is 0 Å². The van der Waals surface area contributed by atoms with Crippen LogP contribution in [0.4, 0.5) is 0 Å². The molecule has 326 valence electrons. The summed E-state index contributed by atoms with van der Waals surface area (Å²) < 4.78 is 32.4. The van der Waals surface area contributed by atoms with Gasteiger partial charge in [0.2, 0.25) is 0 Å². The van der Waals surface area contributed by atoms with E-state index in [1.54, 1.807) is 42.5 Å². The molecule has 0 aromatic heterocycles. The van der Waals surface area contributed by atoms with Gasteiger partial charge in [-0.1, -0.05) is 159 Å². The highest BCUT2D eigenvalue weighted by Crippen LogP contribution is 2.43. The fourth-order valence-electron chi connectivity index (χ4n) is 5.43. The number of ether oxygens (including phenoxy) is 2. The quantitative estimate of drug-likeness (QED) is 0.0155. The predicted molar refractivity (Wildman–Crippen MR) is 219 cm³/mol. The van der Waals surface area contributed by atoms with E-state index in [9.17, 15) is 39.5 Å². The standard InChI is InChI=1S/C42H75O13P/c1-3-5-7-8-9-10-11-12-13-14-15-20-24-30-41(48)52-34-38(35-54-56(50,51)53-33-37(45)32-43)55-42(49)31-25-29-40(47)39(46)28-23-19-17-16-18-22-27-36(44)26-21-6-4-2/h16-19,22-23,27-28,36-40,43-47H,3-15,20-21,24-26,29-35H2,1-2H3,(H,50,51)/b18-16+,19-17-,27-22-,28-23-. The van der Waals surface area contributed by atoms with Gasteiger partial charge in [0.25, 0.3) is 0 Å². The molecule has 13 nitrogen and oxygen atoms in total. The van der Waals surface area contributed by atoms with Crippen molar-refractivity contribution in [3.8, 4) is 0 Å². The molecule has 0 aromatic rings. The van der Waals surface area contributed by atoms with Crippen LogP contribution in [-0.4, -0.2) is 99.3 Å². The molecular formula is C42H75O13P. The van der Waals surface area contributed by atoms with Gasteiger partial charge in [-0.15, -0.1) is 0 Å². The van der Waals surface area contributed by atoms with Crippen molar-refractivity contribution in [2.24, 2.45) is 0 Å². The molecule has 0 aliphatic carbocycles. The Morgan fingerprint density at radius 3 is 1.68 bits per heavy atom. The van der Waals surface area contributed by atoms with Gasteiger partial charge in [-0.25, -0.2) is 4.57 Å². The topological polar surface area (TPSA) is 210 Å². The van der Waals surface area contributed by atoms with E-state index in [1.807, 2.05) is 0 Å². The zero-order valence-corrected chi connectivity index (χ0v) is 35.1. The van der Waals surface area contributed by atoms with Crippen LogP contribution in [0.15, 0.2) is 48.6 Å². The Morgan fingerprint density at radius 1 is 0.589 bits per heavy atom. The molecule has 14 heteroatoms. The van der Waals surface area contributed by atoms with Crippen molar-refractivity contribution in [1.82, 2.24) is 0 Å². The van der Waals surface area contributed by atoms with Crippen molar-refractivity contribution in [2.75, 3.05) is 26.4 Å². The van der Waals surface area contributed by atoms with Crippen molar-refractivity contribution in [3.05, 3.63) is 48.6 Å². The fourth-order valence-corrected chi connectivity index (χ4v) is 6.22. The van der Waals surface area contributed by atoms with Crippen molar-refractivity contribution >= 4 is 19.8 Å². The Bertz CT molecular complexity index is 1130. The van der Waals surface area contributed by atoms with Crippen molar-refractivity contribution in [3.63, 3.8) is 0 Å². The van der Waals surface area contributed by atoms with Crippen LogP contribution in [0.5, 0.6) is 0 Å². The van der Waals surface area contributed by atoms with Crippen LogP contribution in [0.2, 0.25) is 0 Å². The Balaban J connectivity index is 4.68. The van der Waals surface area contributed by atoms with E-state index in [0.29, 0.717) is 6.42 Å². The van der Waals surface area contributed by atoms with Crippen molar-refractivity contribution in [1.29, 1.82) is 0 Å². The Labute approximate surface area is 336 Å². The number of aliphatic hydroxyl groups is 5. The number of rotatable bonds is 38. The van der Waals surface area contributed by atoms with Crippen LogP contribution in [0.25, 0.3) is 0 Å². The smallest absolute Gasteiger partial charge is 0.462 e. The summed E-state index contributed by atoms with van der Waals surface area (Å²) in [7, 11) is -4.71. The Kier molecular flexibility index (Phi) is 35.7. The lowest BCUT2D eigenvalue weighted by Crippen LogP contribution is -2.30. The summed E-state index contributed by atoms with van der Waals surface area (Å²) in [6, 6.07) is 0. The summed E-state index contributed by atoms with van der Waals surface area (Å²) in [5.41, 5.74) is 0. The van der Waals surface area contributed by atoms with Crippen LogP contribution >= 0.6 is 7.82 Å². The second-order valence-electron chi connectivity index (χ2n) is 14.2. The highest BCUT2D eigenvalue weighted by atomic mass is 31.2. The molecule has 0 radical (unpaired) electrons. The van der Waals surface area contributed by atoms with Gasteiger partial charge < -0.3 is 39.9 Å². The average Bonchev–Trinajstić information content (AvgIpc) is 3.17. The minimum Gasteiger partial charge on any atom is -0.462 e. The molecule has 0 amide bonds. The zero-order chi connectivity index (χ0) is 41.7. The summed E-state index contributed by atoms with van der Waals surface area (Å²) in [5.74, 6) is -1.26. The average molecular weight is 819 g/mol. The Hall–Kier alpha value is -2.19. The number of aliphatic hydroxyl groups excluding tert-OH is 5. The Morgan fingerprint density at radius 2 is 1.09 bits per heavy atom. The summed E-state index contributed by atoms with van der Waals surface area (Å²) in [6.45, 7) is 1.86. The number of hydrogen-bond donors (Lipinski definition) is 6. The van der Waals surface area contributed by atoms with E-state index < -0.39 is 76.7 Å². The minimum absolute atomic E-state index is 0.0672. The number of phosphoric ester groups is 1. The maximum absolute atomic E-state index is 12.6. The second-order valence-corrected chi connectivity index (χ2v) is 15.7. The molecule has 0 aromatic carbocycles. The van der Waals surface area contributed by atoms with Gasteiger partial charge >= 0.3 is 19.8 Å². The highest BCUT2D eigenvalue weighted by molar-refractivity contribution is 7.47. The molecule has 0 saturated carbocycles. The third kappa shape index (κ3) is 35.0. The minimum atomic E-state index is -4.71. The maximum atomic E-state index is 12.6. The largest absolute Gasteiger partial charge is 0.472 e. The van der Waals surface area contributed by atoms with Crippen LogP contribution in [0.1, 0.15) is 149 Å². The van der Waals surface area contributed by atoms with E-state index in [2.05, 4.69) is 18.4 Å². The third-order valence-electron chi connectivity index (χ3n) is 8.85. The van der Waals surface area contributed by atoms with E-state index in [1.165, 1.54) is 63.9 Å². The summed E-state index contributed by atoms with van der Waals surface area (Å²) in [4.78, 5) is 35.0. The first-order valence-electron chi connectivity index (χ1n) is 20.9. The van der Waals surface area contributed by atoms with Gasteiger partial charge in [0, 0.05) is 12.8 Å². The van der Waals surface area contributed by atoms with Crippen LogP contribution in [0, 0.1) is 0 Å². The number of phosphoric acid groups is 1. The molecule has 0 heterocycles. The molecule has 0 rings (SSSR count). The number of carbonyl (C=O) groups excluding carboxylic acids is 2. The van der Waals surface area contributed by atoms with E-state index in [0.717, 1.165) is 44.9 Å². The number of allylic oxidation sites excluding steroid dienone is 6. The second kappa shape index (κ2) is 37.1. The molecular weight excluding hydrogens is 743 g/mol. The SMILES string of the molecule is CCCCCCCCCCCCCCCC(=O)OCC(COP(=O)(O)OCC(O)CO)OC(=O)CCCC(O)C(O)\C=C/C=C\C=C\C=C/C(O)CCCCC. The van der Waals surface area contributed by atoms with Gasteiger partial charge in [-0.3, -0.25) is 18.6 Å². The fraction of sp³-hybridized carbons (Fsp3) is 0.762. The molecule has 6 N–H and O–H groups in total. The summed E-state index contributed by atoms with van der Waals surface area (Å²) in [5, 5.41) is 48.8. The van der Waals surface area contributed by atoms with Crippen molar-refractivity contribution in [2.45, 2.75) is 179 Å². The van der Waals surface area contributed by atoms with Crippen molar-refractivity contribution < 1.29 is 63.1 Å². The lowest BCUT2D eigenvalue weighted by molar-refractivity contribution is -0.161. The van der Waals surface area contributed by atoms with Crippen LogP contribution in [0.3, 0.4) is 0 Å². The molecule has 6 atom stereocenters. The molecule has 56 heavy (non-hydrogen) atoms. The molecule has 6 unspecified atom stereocenters. The van der Waals surface area contributed by atoms with Gasteiger partial charge in [0.15, 0.2) is 6.10 Å². The monoisotopic (exact) mass is 818 g/mol. The number of carbonyl (C=O) groups is 2. The normalized spacial score (nSPS) is 16.1. The van der Waals surface area contributed by atoms with E-state index in [-0.39, 0.29) is 25.7 Å². The highest BCUT2D eigenvalue weighted by Gasteiger charge is 2.27. The van der Waals surface area contributed by atoms with Crippen LogP contribution in [-0.2, 0) is 32.7 Å². The lowest BCUT2D eigenvalue weighted by Gasteiger charge is -2.20. The molecule has 0 bridgehead atoms. The van der Waals surface area contributed by atoms with E-state index in [4.69, 9.17) is 19.1 Å². The predicted octanol–water partition coefficient (Wildman–Crippen LogP) is 7.47. The maximum Gasteiger partial charge on any atom is 0.472 e. The molecule has 0 aliphatic heterocycles. The van der Waals surface area contributed by atoms with Crippen LogP contribution < -0.4 is 0 Å². The van der Waals surface area contributed by atoms with Gasteiger partial charge in [-0.05, 0) is 25.7 Å². The number of hydrogen-bond acceptors (Lipinski definition) is 12. The van der Waals surface area contributed by atoms with Gasteiger partial charge in [0.05, 0.1) is 38.1 Å². The first-order valence-corrected chi connectivity index (χ1v) is 22.4. The first kappa shape index (κ1) is 53.8. The number of esters is 2. The first-order chi connectivity index (χ1) is 26.9. The lowest BCUT2D eigenvalue weighted by atomic mass is 10.0. The van der Waals surface area contributed by atoms with Gasteiger partial charge in [-0.2, -0.15) is 0 Å². The molecule has 0 saturated heterocycles. The summed E-state index contributed by atoms with van der Waals surface area (Å²) >= 11 is 0.